The Morgan fingerprint density at radius 2 is 1.46 bits per heavy atom. The summed E-state index contributed by atoms with van der Waals surface area (Å²) in [6, 6.07) is -1.64. The quantitative estimate of drug-likeness (QED) is 0.0981. The summed E-state index contributed by atoms with van der Waals surface area (Å²) in [5.74, 6) is -2.88. The van der Waals surface area contributed by atoms with E-state index < -0.39 is 101 Å². The molecule has 39 heavy (non-hydrogen) atoms. The number of methoxy groups -OCH3 is 1. The first-order valence-corrected chi connectivity index (χ1v) is 12.4. The van der Waals surface area contributed by atoms with Crippen LogP contribution in [0.25, 0.3) is 0 Å². The number of carbonyl (C=O) groups excluding carboxylic acids is 2. The monoisotopic (exact) mass is 637 g/mol. The Hall–Kier alpha value is 1.40. The van der Waals surface area contributed by atoms with E-state index in [4.69, 9.17) is 18.9 Å². The van der Waals surface area contributed by atoms with Crippen LogP contribution in [0.3, 0.4) is 0 Å². The first kappa shape index (κ1) is 42.5. The molecule has 0 saturated carbocycles. The minimum absolute atomic E-state index is 0. The Morgan fingerprint density at radius 3 is 1.90 bits per heavy atom. The Morgan fingerprint density at radius 1 is 0.897 bits per heavy atom. The van der Waals surface area contributed by atoms with Gasteiger partial charge < -0.3 is 58.6 Å². The van der Waals surface area contributed by atoms with Gasteiger partial charge in [-0.05, 0) is 0 Å². The van der Waals surface area contributed by atoms with E-state index in [1.54, 1.807) is 0 Å². The fraction of sp³-hybridized carbons (Fsp3) is 0.867. The number of carbonyl (C=O) groups is 2. The van der Waals surface area contributed by atoms with Crippen LogP contribution < -0.4 is 99.1 Å². The molecule has 0 bridgehead atoms. The van der Waals surface area contributed by atoms with Gasteiger partial charge in [-0.1, -0.05) is 0 Å². The second-order valence-corrected chi connectivity index (χ2v) is 9.54. The summed E-state index contributed by atoms with van der Waals surface area (Å²) in [6.45, 7) is -0.295. The van der Waals surface area contributed by atoms with Crippen LogP contribution in [0.4, 0.5) is 0 Å². The third kappa shape index (κ3) is 12.5. The third-order valence-electron chi connectivity index (χ3n) is 4.95. The summed E-state index contributed by atoms with van der Waals surface area (Å²) < 4.78 is 95.9. The summed E-state index contributed by atoms with van der Waals surface area (Å²) in [5.41, 5.74) is 0. The van der Waals surface area contributed by atoms with Crippen molar-refractivity contribution in [3.05, 3.63) is 0 Å². The number of hydrogen-bond donors (Lipinski definition) is 4. The minimum Gasteiger partial charge on any atom is -0.726 e. The van der Waals surface area contributed by atoms with Gasteiger partial charge in [-0.25, -0.2) is 16.8 Å². The summed E-state index contributed by atoms with van der Waals surface area (Å²) >= 11 is 0. The molecule has 2 heterocycles. The number of rotatable bonds is 10. The predicted octanol–water partition coefficient (Wildman–Crippen LogP) is -15.9. The van der Waals surface area contributed by atoms with Crippen molar-refractivity contribution in [2.24, 2.45) is 0 Å². The molecule has 2 fully saturated rings. The molecule has 2 aliphatic rings. The molecule has 0 spiro atoms. The molecule has 210 valence electrons. The van der Waals surface area contributed by atoms with E-state index in [0.29, 0.717) is 0 Å². The third-order valence-corrected chi connectivity index (χ3v) is 5.83. The Kier molecular flexibility index (Phi) is 19.2. The van der Waals surface area contributed by atoms with Gasteiger partial charge in [0.1, 0.15) is 48.8 Å². The molecule has 2 rings (SSSR count). The zero-order valence-electron chi connectivity index (χ0n) is 21.3. The van der Waals surface area contributed by atoms with Crippen molar-refractivity contribution in [1.82, 2.24) is 5.32 Å². The fourth-order valence-electron chi connectivity index (χ4n) is 3.50. The molecule has 0 aromatic heterocycles. The van der Waals surface area contributed by atoms with Gasteiger partial charge in [-0.15, -0.1) is 0 Å². The van der Waals surface area contributed by atoms with Crippen molar-refractivity contribution in [3.8, 4) is 0 Å². The van der Waals surface area contributed by atoms with E-state index in [1.807, 2.05) is 0 Å². The molecule has 0 radical (unpaired) electrons. The SMILES string of the molecule is CO[C@H]1O[C@H](COS(=O)(=O)[O-])[C@@H](OS(=O)(=O)[O-])[C@H](O[C@@H]2O[C@H](C(=O)[O-])[C@@H](O)[C@H](O)[C@H]2O)[C@H]1NC(C)=O.[Na+].[Na+].[Na+]. The van der Waals surface area contributed by atoms with Crippen LogP contribution >= 0.6 is 0 Å². The molecular weight excluding hydrogens is 615 g/mol. The second-order valence-electron chi connectivity index (χ2n) is 7.48. The standard InChI is InChI=1S/C15H25NO18S2.3Na/c1-4(17)16-6-11(32-15-9(20)7(18)8(19)12(33-15)13(21)22)10(34-36(26,27)28)5(31-14(6)29-2)3-30-35(23,24)25;;;/h5-12,14-15,18-20H,3H2,1-2H3,(H,16,17)(H,21,22)(H,23,24,25)(H,26,27,28);;;/q;3*+1/p-3/t5-,6-,7+,8+,9-,10-,11-,12+,14+,15-;;;/m1.../s1. The van der Waals surface area contributed by atoms with E-state index in [1.165, 1.54) is 0 Å². The topological polar surface area (TPSA) is 300 Å². The number of amides is 1. The number of aliphatic carboxylic acids is 1. The van der Waals surface area contributed by atoms with Crippen LogP contribution in [0.2, 0.25) is 0 Å². The van der Waals surface area contributed by atoms with Crippen LogP contribution in [-0.2, 0) is 57.7 Å². The predicted molar refractivity (Wildman–Crippen MR) is 100 cm³/mol. The zero-order chi connectivity index (χ0) is 27.6. The van der Waals surface area contributed by atoms with E-state index >= 15 is 0 Å². The van der Waals surface area contributed by atoms with Gasteiger partial charge in [-0.3, -0.25) is 13.2 Å². The number of ether oxygens (including phenoxy) is 4. The average molecular weight is 637 g/mol. The number of aliphatic hydroxyl groups excluding tert-OH is 3. The van der Waals surface area contributed by atoms with E-state index in [2.05, 4.69) is 13.7 Å². The number of carboxylic acids is 1. The molecule has 0 aromatic rings. The molecule has 0 unspecified atom stereocenters. The molecule has 19 nitrogen and oxygen atoms in total. The number of carboxylic acid groups (broad SMARTS) is 1. The molecule has 0 aromatic carbocycles. The van der Waals surface area contributed by atoms with Crippen molar-refractivity contribution in [2.75, 3.05) is 13.7 Å². The fourth-order valence-corrected chi connectivity index (χ4v) is 4.31. The Labute approximate surface area is 288 Å². The van der Waals surface area contributed by atoms with E-state index in [9.17, 15) is 56.0 Å². The van der Waals surface area contributed by atoms with E-state index in [-0.39, 0.29) is 88.7 Å². The van der Waals surface area contributed by atoms with Crippen molar-refractivity contribution < 1.29 is 172 Å². The van der Waals surface area contributed by atoms with Crippen molar-refractivity contribution in [3.63, 3.8) is 0 Å². The van der Waals surface area contributed by atoms with Gasteiger partial charge in [0.25, 0.3) is 0 Å². The van der Waals surface area contributed by atoms with Gasteiger partial charge in [0.05, 0.1) is 12.6 Å². The Bertz CT molecular complexity index is 1020. The molecule has 2 aliphatic heterocycles. The molecule has 2 saturated heterocycles. The van der Waals surface area contributed by atoms with Gasteiger partial charge in [-0.2, -0.15) is 0 Å². The first-order chi connectivity index (χ1) is 16.4. The molecule has 1 amide bonds. The maximum Gasteiger partial charge on any atom is 1.00 e. The number of hydrogen-bond acceptors (Lipinski definition) is 18. The second kappa shape index (κ2) is 17.6. The molecular formula is C15H22NNa3O18S2. The van der Waals surface area contributed by atoms with Crippen LogP contribution in [0.15, 0.2) is 0 Å². The maximum atomic E-state index is 11.8. The smallest absolute Gasteiger partial charge is 0.726 e. The van der Waals surface area contributed by atoms with Crippen LogP contribution in [0.1, 0.15) is 6.92 Å². The Balaban J connectivity index is 0. The molecule has 4 N–H and O–H groups in total. The summed E-state index contributed by atoms with van der Waals surface area (Å²) in [6.07, 6.45) is -19.0. The minimum atomic E-state index is -5.66. The molecule has 10 atom stereocenters. The van der Waals surface area contributed by atoms with Gasteiger partial charge in [0, 0.05) is 14.0 Å². The van der Waals surface area contributed by atoms with Crippen LogP contribution in [0, 0.1) is 0 Å². The number of nitrogens with one attached hydrogen (secondary N) is 1. The van der Waals surface area contributed by atoms with Gasteiger partial charge in [0.2, 0.25) is 26.7 Å². The zero-order valence-corrected chi connectivity index (χ0v) is 28.9. The maximum absolute atomic E-state index is 11.8. The van der Waals surface area contributed by atoms with E-state index in [0.717, 1.165) is 14.0 Å². The van der Waals surface area contributed by atoms with Gasteiger partial charge in [0.15, 0.2) is 12.6 Å². The van der Waals surface area contributed by atoms with Crippen molar-refractivity contribution >= 4 is 32.7 Å². The van der Waals surface area contributed by atoms with Crippen LogP contribution in [0.5, 0.6) is 0 Å². The average Bonchev–Trinajstić information content (AvgIpc) is 2.73. The van der Waals surface area contributed by atoms with Crippen LogP contribution in [-0.4, -0.2) is 128 Å². The molecule has 24 heteroatoms. The largest absolute Gasteiger partial charge is 1.00 e. The summed E-state index contributed by atoms with van der Waals surface area (Å²) in [4.78, 5) is 23.0. The van der Waals surface area contributed by atoms with Crippen molar-refractivity contribution in [2.45, 2.75) is 68.3 Å². The number of aliphatic hydroxyl groups is 3. The summed E-state index contributed by atoms with van der Waals surface area (Å²) in [7, 11) is -10.1. The van der Waals surface area contributed by atoms with Crippen molar-refractivity contribution in [1.29, 1.82) is 0 Å². The first-order valence-electron chi connectivity index (χ1n) is 9.71. The summed E-state index contributed by atoms with van der Waals surface area (Å²) in [5, 5.41) is 43.5. The molecule has 0 aliphatic carbocycles. The van der Waals surface area contributed by atoms with Gasteiger partial charge >= 0.3 is 88.7 Å². The normalized spacial score (nSPS) is 34.9.